The van der Waals surface area contributed by atoms with E-state index in [4.69, 9.17) is 4.52 Å². The monoisotopic (exact) mass is 350 g/mol. The number of hydrogen-bond acceptors (Lipinski definition) is 7. The summed E-state index contributed by atoms with van der Waals surface area (Å²) in [4.78, 5) is 9.28. The summed E-state index contributed by atoms with van der Waals surface area (Å²) in [6.45, 7) is 4.97. The van der Waals surface area contributed by atoms with E-state index < -0.39 is 10.0 Å². The summed E-state index contributed by atoms with van der Waals surface area (Å²) in [7, 11) is -3.79. The van der Waals surface area contributed by atoms with Crippen molar-refractivity contribution in [3.05, 3.63) is 41.7 Å². The summed E-state index contributed by atoms with van der Waals surface area (Å²) in [6, 6.07) is 3.72. The van der Waals surface area contributed by atoms with Gasteiger partial charge in [-0.1, -0.05) is 22.6 Å². The summed E-state index contributed by atoms with van der Waals surface area (Å²) in [5.41, 5.74) is 1.94. The molecule has 0 aromatic carbocycles. The van der Waals surface area contributed by atoms with Gasteiger partial charge in [0.1, 0.15) is 5.69 Å². The van der Waals surface area contributed by atoms with Crippen molar-refractivity contribution in [2.45, 2.75) is 25.7 Å². The molecule has 0 aliphatic rings. The van der Waals surface area contributed by atoms with E-state index in [9.17, 15) is 8.42 Å². The van der Waals surface area contributed by atoms with Gasteiger partial charge >= 0.3 is 0 Å². The summed E-state index contributed by atoms with van der Waals surface area (Å²) in [6.07, 6.45) is 3.40. The van der Waals surface area contributed by atoms with E-state index in [1.54, 1.807) is 26.2 Å². The second kappa shape index (κ2) is 5.74. The van der Waals surface area contributed by atoms with Crippen molar-refractivity contribution < 1.29 is 12.9 Å². The highest BCUT2D eigenvalue weighted by Gasteiger charge is 2.25. The van der Waals surface area contributed by atoms with E-state index in [2.05, 4.69) is 19.8 Å². The Kier molecular flexibility index (Phi) is 3.90. The largest absolute Gasteiger partial charge is 0.360 e. The van der Waals surface area contributed by atoms with Gasteiger partial charge in [0.25, 0.3) is 10.0 Å². The van der Waals surface area contributed by atoms with Crippen molar-refractivity contribution >= 4 is 26.5 Å². The van der Waals surface area contributed by atoms with Gasteiger partial charge in [-0.15, -0.1) is 0 Å². The van der Waals surface area contributed by atoms with Crippen LogP contribution in [-0.2, 0) is 10.0 Å². The fourth-order valence-electron chi connectivity index (χ4n) is 2.23. The second-order valence-corrected chi connectivity index (χ2v) is 7.55. The van der Waals surface area contributed by atoms with Crippen molar-refractivity contribution in [1.82, 2.24) is 15.1 Å². The zero-order valence-corrected chi connectivity index (χ0v) is 14.3. The van der Waals surface area contributed by atoms with Crippen molar-refractivity contribution in [2.75, 3.05) is 4.72 Å². The first-order valence-corrected chi connectivity index (χ1v) is 9.02. The molecule has 3 heterocycles. The van der Waals surface area contributed by atoms with E-state index in [1.165, 1.54) is 11.3 Å². The topological polar surface area (TPSA) is 98.0 Å². The number of nitrogens with zero attached hydrogens (tertiary/aromatic N) is 3. The van der Waals surface area contributed by atoms with Crippen molar-refractivity contribution in [3.63, 3.8) is 0 Å². The Morgan fingerprint density at radius 2 is 2.00 bits per heavy atom. The molecule has 0 amide bonds. The summed E-state index contributed by atoms with van der Waals surface area (Å²) >= 11 is 1.26. The number of hydrogen-bond donors (Lipinski definition) is 1. The Bertz CT molecular complexity index is 926. The number of thiazole rings is 1. The van der Waals surface area contributed by atoms with Crippen LogP contribution in [-0.4, -0.2) is 23.5 Å². The minimum absolute atomic E-state index is 0.0493. The number of anilines is 1. The highest BCUT2D eigenvalue weighted by Crippen LogP contribution is 2.33. The van der Waals surface area contributed by atoms with E-state index in [0.29, 0.717) is 10.8 Å². The standard InChI is InChI=1S/C14H14N4O3S2/c1-8-12(11-5-4-6-15-7-11)22-14(16-8)18-23(19,20)13-9(2)17-21-10(13)3/h4-7H,1-3H3,(H,16,18). The first-order valence-electron chi connectivity index (χ1n) is 6.72. The molecule has 3 rings (SSSR count). The third kappa shape index (κ3) is 2.97. The number of rotatable bonds is 4. The molecule has 0 bridgehead atoms. The van der Waals surface area contributed by atoms with E-state index in [1.807, 2.05) is 19.1 Å². The minimum Gasteiger partial charge on any atom is -0.360 e. The van der Waals surface area contributed by atoms with Gasteiger partial charge in [-0.05, 0) is 26.8 Å². The van der Waals surface area contributed by atoms with Gasteiger partial charge in [0.05, 0.1) is 10.6 Å². The SMILES string of the molecule is Cc1nc(NS(=O)(=O)c2c(C)noc2C)sc1-c1cccnc1. The molecule has 0 unspecified atom stereocenters. The third-order valence-corrected chi connectivity index (χ3v) is 6.01. The Hall–Kier alpha value is -2.26. The average molecular weight is 350 g/mol. The van der Waals surface area contributed by atoms with Gasteiger partial charge in [-0.25, -0.2) is 13.4 Å². The van der Waals surface area contributed by atoms with Crippen molar-refractivity contribution in [3.8, 4) is 10.4 Å². The Morgan fingerprint density at radius 1 is 1.22 bits per heavy atom. The molecule has 1 N–H and O–H groups in total. The fraction of sp³-hybridized carbons (Fsp3) is 0.214. The zero-order chi connectivity index (χ0) is 16.6. The first-order chi connectivity index (χ1) is 10.9. The molecule has 0 aliphatic heterocycles. The molecule has 3 aromatic rings. The average Bonchev–Trinajstić information content (AvgIpc) is 3.02. The van der Waals surface area contributed by atoms with Crippen LogP contribution < -0.4 is 4.72 Å². The number of sulfonamides is 1. The highest BCUT2D eigenvalue weighted by molar-refractivity contribution is 7.93. The van der Waals surface area contributed by atoms with Gasteiger partial charge in [0.15, 0.2) is 15.8 Å². The maximum atomic E-state index is 12.5. The van der Waals surface area contributed by atoms with Gasteiger partial charge in [-0.2, -0.15) is 0 Å². The fourth-order valence-corrected chi connectivity index (χ4v) is 4.75. The van der Waals surface area contributed by atoms with Gasteiger partial charge in [0, 0.05) is 18.0 Å². The van der Waals surface area contributed by atoms with E-state index >= 15 is 0 Å². The van der Waals surface area contributed by atoms with Gasteiger partial charge < -0.3 is 4.52 Å². The summed E-state index contributed by atoms with van der Waals surface area (Å²) < 4.78 is 32.4. The van der Waals surface area contributed by atoms with Crippen LogP contribution in [0.3, 0.4) is 0 Å². The van der Waals surface area contributed by atoms with Gasteiger partial charge in [0.2, 0.25) is 0 Å². The molecule has 0 radical (unpaired) electrons. The van der Waals surface area contributed by atoms with Crippen LogP contribution in [0.5, 0.6) is 0 Å². The first kappa shape index (κ1) is 15.6. The molecule has 7 nitrogen and oxygen atoms in total. The lowest BCUT2D eigenvalue weighted by atomic mass is 10.2. The molecule has 9 heteroatoms. The quantitative estimate of drug-likeness (QED) is 0.777. The van der Waals surface area contributed by atoms with E-state index in [-0.39, 0.29) is 10.7 Å². The highest BCUT2D eigenvalue weighted by atomic mass is 32.2. The van der Waals surface area contributed by atoms with E-state index in [0.717, 1.165) is 16.1 Å². The molecule has 3 aromatic heterocycles. The molecule has 120 valence electrons. The van der Waals surface area contributed by atoms with Crippen molar-refractivity contribution in [1.29, 1.82) is 0 Å². The maximum Gasteiger partial charge on any atom is 0.269 e. The maximum absolute atomic E-state index is 12.5. The Morgan fingerprint density at radius 3 is 2.61 bits per heavy atom. The minimum atomic E-state index is -3.79. The van der Waals surface area contributed by atoms with Crippen molar-refractivity contribution in [2.24, 2.45) is 0 Å². The normalized spacial score (nSPS) is 11.6. The molecule has 0 saturated carbocycles. The third-order valence-electron chi connectivity index (χ3n) is 3.18. The zero-order valence-electron chi connectivity index (χ0n) is 12.7. The molecule has 0 spiro atoms. The number of aryl methyl sites for hydroxylation is 3. The molecule has 0 atom stereocenters. The lowest BCUT2D eigenvalue weighted by Gasteiger charge is -2.03. The smallest absolute Gasteiger partial charge is 0.269 e. The van der Waals surface area contributed by atoms with Gasteiger partial charge in [-0.3, -0.25) is 9.71 Å². The molecular weight excluding hydrogens is 336 g/mol. The lowest BCUT2D eigenvalue weighted by Crippen LogP contribution is -2.14. The molecule has 0 saturated heterocycles. The molecule has 0 aliphatic carbocycles. The predicted molar refractivity (Wildman–Crippen MR) is 86.9 cm³/mol. The van der Waals surface area contributed by atoms with Crippen LogP contribution in [0.15, 0.2) is 33.9 Å². The Labute approximate surface area is 137 Å². The summed E-state index contributed by atoms with van der Waals surface area (Å²) in [5.74, 6) is 0.246. The Balaban J connectivity index is 1.96. The van der Waals surface area contributed by atoms with Crippen LogP contribution in [0.25, 0.3) is 10.4 Å². The lowest BCUT2D eigenvalue weighted by molar-refractivity contribution is 0.390. The van der Waals surface area contributed by atoms with Crippen LogP contribution >= 0.6 is 11.3 Å². The predicted octanol–water partition coefficient (Wildman–Crippen LogP) is 2.92. The molecular formula is C14H14N4O3S2. The van der Waals surface area contributed by atoms with Crippen LogP contribution in [0, 0.1) is 20.8 Å². The number of nitrogens with one attached hydrogen (secondary N) is 1. The second-order valence-electron chi connectivity index (χ2n) is 4.93. The molecule has 23 heavy (non-hydrogen) atoms. The molecule has 0 fully saturated rings. The van der Waals surface area contributed by atoms with Crippen LogP contribution in [0.1, 0.15) is 17.1 Å². The van der Waals surface area contributed by atoms with Crippen LogP contribution in [0.2, 0.25) is 0 Å². The summed E-state index contributed by atoms with van der Waals surface area (Å²) in [5, 5.41) is 3.97. The number of aromatic nitrogens is 3. The van der Waals surface area contributed by atoms with Crippen LogP contribution in [0.4, 0.5) is 5.13 Å². The number of pyridine rings is 1.